The summed E-state index contributed by atoms with van der Waals surface area (Å²) in [5.74, 6) is 2.48. The van der Waals surface area contributed by atoms with Gasteiger partial charge in [-0.2, -0.15) is 0 Å². The average molecular weight is 350 g/mol. The van der Waals surface area contributed by atoms with Gasteiger partial charge in [0, 0.05) is 4.47 Å². The van der Waals surface area contributed by atoms with Gasteiger partial charge in [0.2, 0.25) is 0 Å². The molecule has 0 aromatic heterocycles. The molecule has 0 bridgehead atoms. The Bertz CT molecular complexity index is 570. The quantitative estimate of drug-likeness (QED) is 0.798. The summed E-state index contributed by atoms with van der Waals surface area (Å²) < 4.78 is 12.5. The summed E-state index contributed by atoms with van der Waals surface area (Å²) in [7, 11) is 0. The zero-order valence-electron chi connectivity index (χ0n) is 12.1. The molecule has 0 saturated heterocycles. The first-order valence-electron chi connectivity index (χ1n) is 7.12. The highest BCUT2D eigenvalue weighted by atomic mass is 79.9. The molecular formula is C17H20BrNO2. The van der Waals surface area contributed by atoms with Gasteiger partial charge in [-0.3, -0.25) is 0 Å². The van der Waals surface area contributed by atoms with E-state index >= 15 is 0 Å². The van der Waals surface area contributed by atoms with E-state index in [4.69, 9.17) is 15.2 Å². The van der Waals surface area contributed by atoms with Crippen LogP contribution in [-0.4, -0.2) is 13.2 Å². The Balaban J connectivity index is 2.12. The minimum Gasteiger partial charge on any atom is -0.494 e. The van der Waals surface area contributed by atoms with E-state index in [0.717, 1.165) is 46.7 Å². The fourth-order valence-electron chi connectivity index (χ4n) is 1.94. The summed E-state index contributed by atoms with van der Waals surface area (Å²) in [6.45, 7) is 3.41. The molecule has 0 atom stereocenters. The SMILES string of the molecule is CCCOc1ccc(Oc2cc(Br)ccc2CCN)cc1. The maximum Gasteiger partial charge on any atom is 0.131 e. The first-order chi connectivity index (χ1) is 10.2. The molecule has 0 aliphatic carbocycles. The molecular weight excluding hydrogens is 330 g/mol. The summed E-state index contributed by atoms with van der Waals surface area (Å²) in [4.78, 5) is 0. The van der Waals surface area contributed by atoms with Crippen molar-refractivity contribution < 1.29 is 9.47 Å². The van der Waals surface area contributed by atoms with Gasteiger partial charge in [0.1, 0.15) is 17.2 Å². The smallest absolute Gasteiger partial charge is 0.131 e. The normalized spacial score (nSPS) is 10.4. The van der Waals surface area contributed by atoms with Crippen molar-refractivity contribution in [1.82, 2.24) is 0 Å². The number of nitrogens with two attached hydrogens (primary N) is 1. The largest absolute Gasteiger partial charge is 0.494 e. The minimum atomic E-state index is 0.599. The molecule has 4 heteroatoms. The topological polar surface area (TPSA) is 44.5 Å². The third kappa shape index (κ3) is 4.76. The molecule has 2 rings (SSSR count). The van der Waals surface area contributed by atoms with Crippen LogP contribution in [0, 0.1) is 0 Å². The first kappa shape index (κ1) is 15.9. The van der Waals surface area contributed by atoms with Crippen molar-refractivity contribution >= 4 is 15.9 Å². The van der Waals surface area contributed by atoms with Crippen LogP contribution in [0.25, 0.3) is 0 Å². The number of halogens is 1. The lowest BCUT2D eigenvalue weighted by atomic mass is 10.1. The van der Waals surface area contributed by atoms with Crippen molar-refractivity contribution in [2.75, 3.05) is 13.2 Å². The lowest BCUT2D eigenvalue weighted by Gasteiger charge is -2.12. The van der Waals surface area contributed by atoms with E-state index in [1.807, 2.05) is 42.5 Å². The number of hydrogen-bond acceptors (Lipinski definition) is 3. The molecule has 21 heavy (non-hydrogen) atoms. The minimum absolute atomic E-state index is 0.599. The number of hydrogen-bond donors (Lipinski definition) is 1. The van der Waals surface area contributed by atoms with Crippen molar-refractivity contribution in [2.24, 2.45) is 5.73 Å². The van der Waals surface area contributed by atoms with Crippen LogP contribution in [0.5, 0.6) is 17.2 Å². The first-order valence-corrected chi connectivity index (χ1v) is 7.91. The molecule has 0 fully saturated rings. The third-order valence-corrected chi connectivity index (χ3v) is 3.46. The molecule has 0 amide bonds. The second-order valence-electron chi connectivity index (χ2n) is 4.71. The van der Waals surface area contributed by atoms with Crippen molar-refractivity contribution in [3.05, 3.63) is 52.5 Å². The van der Waals surface area contributed by atoms with Crippen molar-refractivity contribution in [1.29, 1.82) is 0 Å². The summed E-state index contributed by atoms with van der Waals surface area (Å²) >= 11 is 3.47. The molecule has 2 aromatic rings. The fraction of sp³-hybridized carbons (Fsp3) is 0.294. The molecule has 2 aromatic carbocycles. The van der Waals surface area contributed by atoms with Crippen LogP contribution >= 0.6 is 15.9 Å². The summed E-state index contributed by atoms with van der Waals surface area (Å²) in [5, 5.41) is 0. The van der Waals surface area contributed by atoms with E-state index in [0.29, 0.717) is 6.54 Å². The Labute approximate surface area is 134 Å². The second kappa shape index (κ2) is 8.05. The second-order valence-corrected chi connectivity index (χ2v) is 5.63. The van der Waals surface area contributed by atoms with Crippen LogP contribution in [0.3, 0.4) is 0 Å². The Morgan fingerprint density at radius 1 is 1.05 bits per heavy atom. The zero-order chi connectivity index (χ0) is 15.1. The number of rotatable bonds is 7. The Kier molecular flexibility index (Phi) is 6.08. The molecule has 0 spiro atoms. The number of benzene rings is 2. The van der Waals surface area contributed by atoms with E-state index in [1.165, 1.54) is 0 Å². The molecule has 2 N–H and O–H groups in total. The summed E-state index contributed by atoms with van der Waals surface area (Å²) in [6, 6.07) is 13.7. The van der Waals surface area contributed by atoms with Crippen LogP contribution in [-0.2, 0) is 6.42 Å². The summed E-state index contributed by atoms with van der Waals surface area (Å²) in [6.07, 6.45) is 1.79. The van der Waals surface area contributed by atoms with Crippen molar-refractivity contribution in [3.63, 3.8) is 0 Å². The van der Waals surface area contributed by atoms with Gasteiger partial charge >= 0.3 is 0 Å². The predicted molar refractivity (Wildman–Crippen MR) is 89.2 cm³/mol. The zero-order valence-corrected chi connectivity index (χ0v) is 13.7. The highest BCUT2D eigenvalue weighted by Crippen LogP contribution is 2.29. The van der Waals surface area contributed by atoms with E-state index < -0.39 is 0 Å². The third-order valence-electron chi connectivity index (χ3n) is 2.97. The van der Waals surface area contributed by atoms with E-state index in [1.54, 1.807) is 0 Å². The van der Waals surface area contributed by atoms with Crippen LogP contribution in [0.2, 0.25) is 0 Å². The lowest BCUT2D eigenvalue weighted by molar-refractivity contribution is 0.317. The molecule has 0 saturated carbocycles. The molecule has 0 heterocycles. The molecule has 0 aliphatic heterocycles. The van der Waals surface area contributed by atoms with E-state index in [-0.39, 0.29) is 0 Å². The van der Waals surface area contributed by atoms with Gasteiger partial charge in [0.05, 0.1) is 6.61 Å². The van der Waals surface area contributed by atoms with E-state index in [2.05, 4.69) is 22.9 Å². The number of ether oxygens (including phenoxy) is 2. The molecule has 3 nitrogen and oxygen atoms in total. The van der Waals surface area contributed by atoms with Crippen molar-refractivity contribution in [2.45, 2.75) is 19.8 Å². The van der Waals surface area contributed by atoms with Gasteiger partial charge in [0.25, 0.3) is 0 Å². The van der Waals surface area contributed by atoms with Gasteiger partial charge in [-0.1, -0.05) is 28.9 Å². The average Bonchev–Trinajstić information content (AvgIpc) is 2.49. The van der Waals surface area contributed by atoms with Crippen molar-refractivity contribution in [3.8, 4) is 17.2 Å². The standard InChI is InChI=1S/C17H20BrNO2/c1-2-11-20-15-5-7-16(8-6-15)21-17-12-14(18)4-3-13(17)9-10-19/h3-8,12H,2,9-11,19H2,1H3. The highest BCUT2D eigenvalue weighted by Gasteiger charge is 2.06. The summed E-state index contributed by atoms with van der Waals surface area (Å²) in [5.41, 5.74) is 6.75. The molecule has 0 aliphatic rings. The monoisotopic (exact) mass is 349 g/mol. The van der Waals surface area contributed by atoms with Gasteiger partial charge < -0.3 is 15.2 Å². The predicted octanol–water partition coefficient (Wildman–Crippen LogP) is 4.53. The van der Waals surface area contributed by atoms with Crippen LogP contribution in [0.1, 0.15) is 18.9 Å². The molecule has 112 valence electrons. The molecule has 0 unspecified atom stereocenters. The molecule has 0 radical (unpaired) electrons. The maximum atomic E-state index is 5.96. The van der Waals surface area contributed by atoms with Gasteiger partial charge in [-0.25, -0.2) is 0 Å². The van der Waals surface area contributed by atoms with Gasteiger partial charge in [-0.15, -0.1) is 0 Å². The van der Waals surface area contributed by atoms with Crippen LogP contribution in [0.15, 0.2) is 46.9 Å². The van der Waals surface area contributed by atoms with Crippen LogP contribution < -0.4 is 15.2 Å². The maximum absolute atomic E-state index is 5.96. The van der Waals surface area contributed by atoms with E-state index in [9.17, 15) is 0 Å². The lowest BCUT2D eigenvalue weighted by Crippen LogP contribution is -2.04. The fourth-order valence-corrected chi connectivity index (χ4v) is 2.28. The Morgan fingerprint density at radius 3 is 2.43 bits per heavy atom. The van der Waals surface area contributed by atoms with Gasteiger partial charge in [0.15, 0.2) is 0 Å². The Morgan fingerprint density at radius 2 is 1.76 bits per heavy atom. The van der Waals surface area contributed by atoms with Gasteiger partial charge in [-0.05, 0) is 61.3 Å². The highest BCUT2D eigenvalue weighted by molar-refractivity contribution is 9.10. The Hall–Kier alpha value is -1.52. The van der Waals surface area contributed by atoms with Crippen LogP contribution in [0.4, 0.5) is 0 Å².